The minimum absolute atomic E-state index is 0.0894. The standard InChI is InChI=1S/C20H21N3O/c24-20(14-23-12-10-15-5-1-4-8-19(15)23)21-11-9-16-13-22-18-7-3-2-6-17(16)18/h1-8,13,22H,9-12,14H2,(H,21,24). The average molecular weight is 319 g/mol. The molecule has 2 aromatic carbocycles. The number of carbonyl (C=O) groups is 1. The molecule has 1 aromatic heterocycles. The highest BCUT2D eigenvalue weighted by molar-refractivity contribution is 5.84. The van der Waals surface area contributed by atoms with Crippen LogP contribution < -0.4 is 10.2 Å². The van der Waals surface area contributed by atoms with Crippen LogP contribution >= 0.6 is 0 Å². The van der Waals surface area contributed by atoms with Crippen molar-refractivity contribution < 1.29 is 4.79 Å². The van der Waals surface area contributed by atoms with Crippen LogP contribution in [0.5, 0.6) is 0 Å². The molecule has 0 aliphatic carbocycles. The minimum Gasteiger partial charge on any atom is -0.362 e. The molecule has 0 saturated heterocycles. The molecule has 2 heterocycles. The highest BCUT2D eigenvalue weighted by atomic mass is 16.2. The van der Waals surface area contributed by atoms with Gasteiger partial charge in [0.1, 0.15) is 0 Å². The quantitative estimate of drug-likeness (QED) is 0.760. The van der Waals surface area contributed by atoms with Crippen molar-refractivity contribution in [2.75, 3.05) is 24.5 Å². The lowest BCUT2D eigenvalue weighted by Crippen LogP contribution is -2.37. The van der Waals surface area contributed by atoms with Crippen LogP contribution in [-0.4, -0.2) is 30.5 Å². The number of nitrogens with one attached hydrogen (secondary N) is 2. The smallest absolute Gasteiger partial charge is 0.239 e. The first-order valence-corrected chi connectivity index (χ1v) is 8.46. The molecule has 2 N–H and O–H groups in total. The number of benzene rings is 2. The van der Waals surface area contributed by atoms with E-state index in [1.165, 1.54) is 22.2 Å². The van der Waals surface area contributed by atoms with E-state index >= 15 is 0 Å². The largest absolute Gasteiger partial charge is 0.362 e. The summed E-state index contributed by atoms with van der Waals surface area (Å²) in [6, 6.07) is 16.6. The Balaban J connectivity index is 1.31. The summed E-state index contributed by atoms with van der Waals surface area (Å²) in [6.45, 7) is 2.02. The van der Waals surface area contributed by atoms with Gasteiger partial charge in [0, 0.05) is 35.9 Å². The first kappa shape index (κ1) is 14.8. The number of rotatable bonds is 5. The number of hydrogen-bond donors (Lipinski definition) is 2. The fraction of sp³-hybridized carbons (Fsp3) is 0.250. The third kappa shape index (κ3) is 2.87. The predicted molar refractivity (Wildman–Crippen MR) is 97.4 cm³/mol. The summed E-state index contributed by atoms with van der Waals surface area (Å²) in [5.74, 6) is 0.0894. The maximum atomic E-state index is 12.2. The van der Waals surface area contributed by atoms with Crippen molar-refractivity contribution in [2.24, 2.45) is 0 Å². The molecule has 0 fully saturated rings. The average Bonchev–Trinajstić information content (AvgIpc) is 3.20. The molecule has 0 radical (unpaired) electrons. The number of aromatic nitrogens is 1. The zero-order chi connectivity index (χ0) is 16.4. The maximum absolute atomic E-state index is 12.2. The molecule has 0 spiro atoms. The van der Waals surface area contributed by atoms with Crippen molar-refractivity contribution in [3.63, 3.8) is 0 Å². The lowest BCUT2D eigenvalue weighted by molar-refractivity contribution is -0.119. The summed E-state index contributed by atoms with van der Waals surface area (Å²) in [7, 11) is 0. The molecule has 0 saturated carbocycles. The van der Waals surface area contributed by atoms with Crippen LogP contribution in [0, 0.1) is 0 Å². The van der Waals surface area contributed by atoms with Crippen LogP contribution in [0.4, 0.5) is 5.69 Å². The van der Waals surface area contributed by atoms with Gasteiger partial charge in [0.05, 0.1) is 6.54 Å². The molecular formula is C20H21N3O. The van der Waals surface area contributed by atoms with Crippen molar-refractivity contribution in [1.29, 1.82) is 0 Å². The predicted octanol–water partition coefficient (Wildman–Crippen LogP) is 2.89. The Bertz CT molecular complexity index is 868. The Morgan fingerprint density at radius 2 is 1.96 bits per heavy atom. The number of H-pyrrole nitrogens is 1. The van der Waals surface area contributed by atoms with Crippen LogP contribution in [0.3, 0.4) is 0 Å². The molecule has 4 heteroatoms. The fourth-order valence-corrected chi connectivity index (χ4v) is 3.48. The number of hydrogen-bond acceptors (Lipinski definition) is 2. The van der Waals surface area contributed by atoms with Crippen molar-refractivity contribution >= 4 is 22.5 Å². The van der Waals surface area contributed by atoms with Crippen LogP contribution in [0.25, 0.3) is 10.9 Å². The molecule has 24 heavy (non-hydrogen) atoms. The number of fused-ring (bicyclic) bond motifs is 2. The Hall–Kier alpha value is -2.75. The Morgan fingerprint density at radius 1 is 1.12 bits per heavy atom. The third-order valence-electron chi connectivity index (χ3n) is 4.71. The molecule has 4 nitrogen and oxygen atoms in total. The van der Waals surface area contributed by atoms with Gasteiger partial charge in [0.15, 0.2) is 0 Å². The van der Waals surface area contributed by atoms with E-state index in [9.17, 15) is 4.79 Å². The fourth-order valence-electron chi connectivity index (χ4n) is 3.48. The molecular weight excluding hydrogens is 298 g/mol. The zero-order valence-electron chi connectivity index (χ0n) is 13.6. The van der Waals surface area contributed by atoms with Crippen molar-refractivity contribution in [1.82, 2.24) is 10.3 Å². The van der Waals surface area contributed by atoms with Gasteiger partial charge in [-0.3, -0.25) is 4.79 Å². The second-order valence-electron chi connectivity index (χ2n) is 6.26. The summed E-state index contributed by atoms with van der Waals surface area (Å²) in [6.07, 6.45) is 3.90. The van der Waals surface area contributed by atoms with E-state index in [-0.39, 0.29) is 5.91 Å². The Morgan fingerprint density at radius 3 is 2.92 bits per heavy atom. The van der Waals surface area contributed by atoms with Gasteiger partial charge in [-0.2, -0.15) is 0 Å². The second kappa shape index (κ2) is 6.40. The SMILES string of the molecule is O=C(CN1CCc2ccccc21)NCCc1c[nH]c2ccccc12. The van der Waals surface area contributed by atoms with Gasteiger partial charge in [-0.15, -0.1) is 0 Å². The molecule has 1 aliphatic rings. The second-order valence-corrected chi connectivity index (χ2v) is 6.26. The highest BCUT2D eigenvalue weighted by Gasteiger charge is 2.20. The molecule has 1 amide bonds. The maximum Gasteiger partial charge on any atom is 0.239 e. The summed E-state index contributed by atoms with van der Waals surface area (Å²) in [5.41, 5.74) is 4.93. The van der Waals surface area contributed by atoms with E-state index in [1.807, 2.05) is 24.4 Å². The summed E-state index contributed by atoms with van der Waals surface area (Å²) >= 11 is 0. The molecule has 0 bridgehead atoms. The van der Waals surface area contributed by atoms with Crippen molar-refractivity contribution in [3.8, 4) is 0 Å². The van der Waals surface area contributed by atoms with E-state index in [4.69, 9.17) is 0 Å². The topological polar surface area (TPSA) is 48.1 Å². The van der Waals surface area contributed by atoms with Crippen molar-refractivity contribution in [3.05, 3.63) is 65.9 Å². The van der Waals surface area contributed by atoms with Crippen LogP contribution in [0.15, 0.2) is 54.7 Å². The summed E-state index contributed by atoms with van der Waals surface area (Å²) in [5, 5.41) is 4.29. The van der Waals surface area contributed by atoms with E-state index in [1.54, 1.807) is 0 Å². The number of para-hydroxylation sites is 2. The lowest BCUT2D eigenvalue weighted by atomic mass is 10.1. The number of aromatic amines is 1. The molecule has 4 rings (SSSR count). The monoisotopic (exact) mass is 319 g/mol. The van der Waals surface area contributed by atoms with Crippen LogP contribution in [0.2, 0.25) is 0 Å². The van der Waals surface area contributed by atoms with E-state index in [0.29, 0.717) is 13.1 Å². The highest BCUT2D eigenvalue weighted by Crippen LogP contribution is 2.26. The zero-order valence-corrected chi connectivity index (χ0v) is 13.6. The molecule has 3 aromatic rings. The molecule has 1 aliphatic heterocycles. The Kier molecular flexibility index (Phi) is 3.95. The molecule has 0 atom stereocenters. The van der Waals surface area contributed by atoms with Crippen LogP contribution in [-0.2, 0) is 17.6 Å². The number of anilines is 1. The van der Waals surface area contributed by atoms with Gasteiger partial charge in [0.25, 0.3) is 0 Å². The Labute approximate surface area is 141 Å². The minimum atomic E-state index is 0.0894. The van der Waals surface area contributed by atoms with Gasteiger partial charge in [-0.05, 0) is 36.1 Å². The number of amides is 1. The van der Waals surface area contributed by atoms with Crippen molar-refractivity contribution in [2.45, 2.75) is 12.8 Å². The van der Waals surface area contributed by atoms with Gasteiger partial charge in [-0.1, -0.05) is 36.4 Å². The molecule has 0 unspecified atom stereocenters. The molecule has 122 valence electrons. The number of nitrogens with zero attached hydrogens (tertiary/aromatic N) is 1. The van der Waals surface area contributed by atoms with Gasteiger partial charge >= 0.3 is 0 Å². The van der Waals surface area contributed by atoms with Gasteiger partial charge in [0.2, 0.25) is 5.91 Å². The third-order valence-corrected chi connectivity index (χ3v) is 4.71. The summed E-state index contributed by atoms with van der Waals surface area (Å²) < 4.78 is 0. The lowest BCUT2D eigenvalue weighted by Gasteiger charge is -2.18. The van der Waals surface area contributed by atoms with E-state index in [0.717, 1.165) is 24.9 Å². The van der Waals surface area contributed by atoms with Crippen LogP contribution in [0.1, 0.15) is 11.1 Å². The van der Waals surface area contributed by atoms with E-state index in [2.05, 4.69) is 45.5 Å². The van der Waals surface area contributed by atoms with E-state index < -0.39 is 0 Å². The normalized spacial score (nSPS) is 13.2. The first-order valence-electron chi connectivity index (χ1n) is 8.46. The number of carbonyl (C=O) groups excluding carboxylic acids is 1. The van der Waals surface area contributed by atoms with Gasteiger partial charge in [-0.25, -0.2) is 0 Å². The first-order chi connectivity index (χ1) is 11.8. The van der Waals surface area contributed by atoms with Gasteiger partial charge < -0.3 is 15.2 Å². The summed E-state index contributed by atoms with van der Waals surface area (Å²) in [4.78, 5) is 17.7.